The highest BCUT2D eigenvalue weighted by atomic mass is 32.1. The minimum atomic E-state index is -1.71. The fraction of sp³-hybridized carbons (Fsp3) is 0.549. The maximum Gasteiger partial charge on any atom is 0.326 e. The molecule has 0 bridgehead atoms. The first kappa shape index (κ1) is 67.9. The van der Waals surface area contributed by atoms with Gasteiger partial charge in [-0.15, -0.1) is 0 Å². The third-order valence-electron chi connectivity index (χ3n) is 12.3. The Kier molecular flexibility index (Phi) is 31.0. The minimum absolute atomic E-state index is 0.0526. The number of nitrogens with two attached hydrogens (primary N) is 5. The fourth-order valence-corrected chi connectivity index (χ4v) is 8.19. The summed E-state index contributed by atoms with van der Waals surface area (Å²) in [5, 5.41) is 40.8. The highest BCUT2D eigenvalue weighted by molar-refractivity contribution is 7.80. The van der Waals surface area contributed by atoms with Gasteiger partial charge in [-0.25, -0.2) is 4.79 Å². The number of hydrogen-bond donors (Lipinski definition) is 17. The van der Waals surface area contributed by atoms with Gasteiger partial charge in [0.15, 0.2) is 11.9 Å². The van der Waals surface area contributed by atoms with E-state index in [2.05, 4.69) is 77.8 Å². The molecule has 79 heavy (non-hydrogen) atoms. The van der Waals surface area contributed by atoms with Gasteiger partial charge in [0.25, 0.3) is 0 Å². The van der Waals surface area contributed by atoms with Gasteiger partial charge in [0.05, 0.1) is 12.6 Å². The Hall–Kier alpha value is -7.17. The number of nitrogens with one attached hydrogen (secondary N) is 8. The summed E-state index contributed by atoms with van der Waals surface area (Å²) in [7, 11) is 0. The van der Waals surface area contributed by atoms with Crippen molar-refractivity contribution in [2.24, 2.45) is 50.5 Å². The van der Waals surface area contributed by atoms with Crippen molar-refractivity contribution < 1.29 is 53.4 Å². The SMILES string of the molecule is CC[C@H](C)[C@H](NC(=O)[C@H](CS)NC(=O)[C@H](CC(C)C)NC(=O)[C@@H](N)CCCN=C(N)N)C(=O)N[C@@H](Cc1ccccc1)C(=O)N[C@@H](CO)C(=O)N[C@@H](CS)C(=O)N[C@@H](Cc1ccccc1)C(=O)N[C@@H](CCCN=C(N)N)C(=O)O. The van der Waals surface area contributed by atoms with Crippen LogP contribution >= 0.6 is 25.3 Å². The number of hydrogen-bond acceptors (Lipinski definition) is 15. The van der Waals surface area contributed by atoms with Gasteiger partial charge in [0.1, 0.15) is 48.3 Å². The first-order valence-electron chi connectivity index (χ1n) is 25.9. The van der Waals surface area contributed by atoms with Crippen molar-refractivity contribution in [3.63, 3.8) is 0 Å². The zero-order valence-corrected chi connectivity index (χ0v) is 46.8. The molecule has 2 aromatic rings. The summed E-state index contributed by atoms with van der Waals surface area (Å²) in [6.07, 6.45) is 1.07. The van der Waals surface area contributed by atoms with Crippen molar-refractivity contribution in [3.05, 3.63) is 71.8 Å². The molecule has 0 aliphatic carbocycles. The van der Waals surface area contributed by atoms with Gasteiger partial charge >= 0.3 is 5.97 Å². The van der Waals surface area contributed by atoms with Crippen LogP contribution in [0.3, 0.4) is 0 Å². The maximum absolute atomic E-state index is 14.3. The normalized spacial score (nSPS) is 14.8. The zero-order valence-electron chi connectivity index (χ0n) is 45.1. The Morgan fingerprint density at radius 2 is 0.899 bits per heavy atom. The van der Waals surface area contributed by atoms with E-state index < -0.39 is 120 Å². The monoisotopic (exact) mass is 1140 g/mol. The fourth-order valence-electron chi connectivity index (χ4n) is 7.67. The molecule has 8 amide bonds. The third kappa shape index (κ3) is 25.4. The molecule has 0 unspecified atom stereocenters. The second-order valence-corrected chi connectivity index (χ2v) is 19.9. The van der Waals surface area contributed by atoms with E-state index in [9.17, 15) is 53.4 Å². The van der Waals surface area contributed by atoms with Crippen molar-refractivity contribution in [2.75, 3.05) is 31.2 Å². The van der Waals surface area contributed by atoms with Gasteiger partial charge < -0.3 is 81.4 Å². The van der Waals surface area contributed by atoms with E-state index in [1.165, 1.54) is 0 Å². The molecule has 438 valence electrons. The number of carboxylic acids is 1. The second kappa shape index (κ2) is 36.1. The molecule has 20 N–H and O–H groups in total. The number of aliphatic hydroxyl groups is 1. The number of amides is 8. The first-order chi connectivity index (χ1) is 37.4. The largest absolute Gasteiger partial charge is 0.480 e. The third-order valence-corrected chi connectivity index (χ3v) is 13.0. The number of thiol groups is 2. The molecule has 2 rings (SSSR count). The highest BCUT2D eigenvalue weighted by Gasteiger charge is 2.36. The number of aliphatic hydroxyl groups excluding tert-OH is 1. The number of carbonyl (C=O) groups is 9. The number of carbonyl (C=O) groups excluding carboxylic acids is 8. The van der Waals surface area contributed by atoms with E-state index in [1.54, 1.807) is 74.5 Å². The standard InChI is InChI=1S/C51H81N15O11S2/c1-5-29(4)40(66-47(74)39(27-79)64-42(69)34(22-28(2)3)60-41(68)32(52)18-12-20-57-50(53)54)48(75)62-36(24-31-16-10-7-11-17-31)44(71)63-37(25-67)45(72)65-38(26-78)46(73)61-35(23-30-14-8-6-9-15-30)43(70)59-33(49(76)77)19-13-21-58-51(55)56/h6-11,14-17,28-29,32-40,67,78-79H,5,12-13,18-27,52H2,1-4H3,(H,59,70)(H,60,68)(H,61,73)(H,62,75)(H,63,71)(H,64,69)(H,65,72)(H,66,74)(H,76,77)(H4,53,54,57)(H4,55,56,58)/t29-,32-,33-,34-,35-,36-,37-,38-,39-,40-/m0/s1. The van der Waals surface area contributed by atoms with Gasteiger partial charge in [-0.2, -0.15) is 25.3 Å². The van der Waals surface area contributed by atoms with E-state index in [-0.39, 0.29) is 81.0 Å². The van der Waals surface area contributed by atoms with Crippen molar-refractivity contribution >= 4 is 90.4 Å². The average Bonchev–Trinajstić information content (AvgIpc) is 3.41. The van der Waals surface area contributed by atoms with Crippen molar-refractivity contribution in [2.45, 2.75) is 133 Å². The van der Waals surface area contributed by atoms with Crippen molar-refractivity contribution in [3.8, 4) is 0 Å². The summed E-state index contributed by atoms with van der Waals surface area (Å²) in [6, 6.07) is 4.99. The predicted octanol–water partition coefficient (Wildman–Crippen LogP) is -3.19. The Bertz CT molecular complexity index is 2360. The summed E-state index contributed by atoms with van der Waals surface area (Å²) in [4.78, 5) is 130. The highest BCUT2D eigenvalue weighted by Crippen LogP contribution is 2.13. The molecule has 26 nitrogen and oxygen atoms in total. The number of benzene rings is 2. The maximum atomic E-state index is 14.3. The molecule has 0 saturated heterocycles. The molecule has 0 aromatic heterocycles. The summed E-state index contributed by atoms with van der Waals surface area (Å²) in [5.41, 5.74) is 28.7. The van der Waals surface area contributed by atoms with Gasteiger partial charge in [-0.1, -0.05) is 94.8 Å². The topological polar surface area (TPSA) is 445 Å². The molecule has 0 aliphatic heterocycles. The number of aliphatic carboxylic acids is 1. The molecule has 2 aromatic carbocycles. The van der Waals surface area contributed by atoms with E-state index in [4.69, 9.17) is 28.7 Å². The van der Waals surface area contributed by atoms with Crippen LogP contribution in [0.15, 0.2) is 70.6 Å². The van der Waals surface area contributed by atoms with Gasteiger partial charge in [0.2, 0.25) is 47.3 Å². The van der Waals surface area contributed by atoms with Gasteiger partial charge in [-0.3, -0.25) is 48.3 Å². The lowest BCUT2D eigenvalue weighted by Crippen LogP contribution is -2.62. The first-order valence-corrected chi connectivity index (χ1v) is 27.1. The Morgan fingerprint density at radius 3 is 1.33 bits per heavy atom. The molecule has 0 heterocycles. The Balaban J connectivity index is 2.32. The lowest BCUT2D eigenvalue weighted by Gasteiger charge is -2.29. The van der Waals surface area contributed by atoms with Crippen LogP contribution in [0.4, 0.5) is 0 Å². The molecular weight excluding hydrogens is 1060 g/mol. The molecule has 0 spiro atoms. The molecule has 28 heteroatoms. The molecule has 0 saturated carbocycles. The summed E-state index contributed by atoms with van der Waals surface area (Å²) < 4.78 is 0. The lowest BCUT2D eigenvalue weighted by molar-refractivity contribution is -0.142. The van der Waals surface area contributed by atoms with E-state index >= 15 is 0 Å². The number of carboxylic acid groups (broad SMARTS) is 1. The summed E-state index contributed by atoms with van der Waals surface area (Å²) in [6.45, 7) is 6.49. The Morgan fingerprint density at radius 1 is 0.519 bits per heavy atom. The smallest absolute Gasteiger partial charge is 0.326 e. The van der Waals surface area contributed by atoms with Gasteiger partial charge in [-0.05, 0) is 55.1 Å². The lowest BCUT2D eigenvalue weighted by atomic mass is 9.96. The van der Waals surface area contributed by atoms with Crippen LogP contribution in [0.2, 0.25) is 0 Å². The second-order valence-electron chi connectivity index (χ2n) is 19.2. The van der Waals surface area contributed by atoms with Crippen LogP contribution in [0.5, 0.6) is 0 Å². The molecule has 0 aliphatic rings. The summed E-state index contributed by atoms with van der Waals surface area (Å²) >= 11 is 8.54. The zero-order chi connectivity index (χ0) is 59.2. The van der Waals surface area contributed by atoms with Crippen LogP contribution in [-0.4, -0.2) is 161 Å². The van der Waals surface area contributed by atoms with Crippen LogP contribution in [0.25, 0.3) is 0 Å². The van der Waals surface area contributed by atoms with E-state index in [0.29, 0.717) is 24.0 Å². The predicted molar refractivity (Wildman–Crippen MR) is 305 cm³/mol. The Labute approximate surface area is 471 Å². The number of guanidine groups is 2. The van der Waals surface area contributed by atoms with Crippen LogP contribution in [0.1, 0.15) is 77.3 Å². The van der Waals surface area contributed by atoms with E-state index in [0.717, 1.165) is 0 Å². The van der Waals surface area contributed by atoms with Crippen molar-refractivity contribution in [1.82, 2.24) is 42.5 Å². The quantitative estimate of drug-likeness (QED) is 0.0138. The molecule has 0 fully saturated rings. The number of nitrogens with zero attached hydrogens (tertiary/aromatic N) is 2. The van der Waals surface area contributed by atoms with Crippen LogP contribution in [-0.2, 0) is 56.0 Å². The van der Waals surface area contributed by atoms with Crippen LogP contribution in [0, 0.1) is 11.8 Å². The molecule has 0 radical (unpaired) electrons. The van der Waals surface area contributed by atoms with Gasteiger partial charge in [0, 0.05) is 37.4 Å². The number of aliphatic imine (C=N–C) groups is 2. The number of rotatable bonds is 36. The van der Waals surface area contributed by atoms with Crippen molar-refractivity contribution in [1.29, 1.82) is 0 Å². The van der Waals surface area contributed by atoms with Crippen LogP contribution < -0.4 is 71.2 Å². The summed E-state index contributed by atoms with van der Waals surface area (Å²) in [5.74, 6) is -9.51. The molecular formula is C51H81N15O11S2. The average molecular weight is 1140 g/mol. The van der Waals surface area contributed by atoms with E-state index in [1.807, 2.05) is 13.8 Å². The minimum Gasteiger partial charge on any atom is -0.480 e. The molecule has 10 atom stereocenters.